The molecule has 2 bridgehead atoms. The number of carbonyl (C=O) groups is 1. The Balaban J connectivity index is 1.84. The van der Waals surface area contributed by atoms with E-state index in [1.165, 1.54) is 31.5 Å². The molecule has 2 unspecified atom stereocenters. The minimum absolute atomic E-state index is 0.720. The highest BCUT2D eigenvalue weighted by Crippen LogP contribution is 2.30. The van der Waals surface area contributed by atoms with Crippen LogP contribution in [0, 0.1) is 0 Å². The van der Waals surface area contributed by atoms with Crippen LogP contribution >= 0.6 is 0 Å². The van der Waals surface area contributed by atoms with Crippen molar-refractivity contribution in [2.24, 2.45) is 0 Å². The third-order valence-electron chi connectivity index (χ3n) is 4.41. The number of hydrogen-bond acceptors (Lipinski definition) is 3. The van der Waals surface area contributed by atoms with E-state index in [2.05, 4.69) is 29.7 Å². The predicted octanol–water partition coefficient (Wildman–Crippen LogP) is 2.08. The smallest absolute Gasteiger partial charge is 0.120 e. The Labute approximate surface area is 111 Å². The molecule has 0 saturated carbocycles. The van der Waals surface area contributed by atoms with E-state index >= 15 is 0 Å². The van der Waals surface area contributed by atoms with Gasteiger partial charge in [-0.1, -0.05) is 11.6 Å². The van der Waals surface area contributed by atoms with Crippen LogP contribution in [-0.4, -0.2) is 54.3 Å². The van der Waals surface area contributed by atoms with Crippen molar-refractivity contribution >= 4 is 6.29 Å². The molecule has 0 radical (unpaired) electrons. The average molecular weight is 250 g/mol. The molecule has 0 spiro atoms. The third-order valence-corrected chi connectivity index (χ3v) is 4.41. The molecule has 0 N–H and O–H groups in total. The molecule has 2 atom stereocenters. The highest BCUT2D eigenvalue weighted by molar-refractivity contribution is 5.49. The van der Waals surface area contributed by atoms with Gasteiger partial charge in [-0.3, -0.25) is 9.80 Å². The monoisotopic (exact) mass is 250 g/mol. The minimum Gasteiger partial charge on any atom is -0.303 e. The van der Waals surface area contributed by atoms with Crippen LogP contribution in [0.25, 0.3) is 0 Å². The van der Waals surface area contributed by atoms with Crippen molar-refractivity contribution in [3.8, 4) is 0 Å². The Morgan fingerprint density at radius 2 is 1.94 bits per heavy atom. The number of unbranched alkanes of at least 4 members (excludes halogenated alkanes) is 1. The lowest BCUT2D eigenvalue weighted by atomic mass is 10.1. The summed E-state index contributed by atoms with van der Waals surface area (Å²) in [6, 6.07) is 1.47. The van der Waals surface area contributed by atoms with Gasteiger partial charge >= 0.3 is 0 Å². The van der Waals surface area contributed by atoms with Gasteiger partial charge in [0.05, 0.1) is 0 Å². The summed E-state index contributed by atoms with van der Waals surface area (Å²) in [5, 5.41) is 0. The Bertz CT molecular complexity index is 300. The summed E-state index contributed by atoms with van der Waals surface area (Å²) in [6.45, 7) is 9.01. The lowest BCUT2D eigenvalue weighted by Crippen LogP contribution is -2.54. The summed E-state index contributed by atoms with van der Waals surface area (Å²) in [4.78, 5) is 15.7. The molecular weight excluding hydrogens is 224 g/mol. The topological polar surface area (TPSA) is 23.6 Å². The summed E-state index contributed by atoms with van der Waals surface area (Å²) in [5.41, 5.74) is 1.48. The molecule has 2 rings (SSSR count). The van der Waals surface area contributed by atoms with Gasteiger partial charge < -0.3 is 4.79 Å². The summed E-state index contributed by atoms with van der Waals surface area (Å²) >= 11 is 0. The number of hydrogen-bond donors (Lipinski definition) is 0. The second-order valence-electron chi connectivity index (χ2n) is 5.76. The molecule has 2 fully saturated rings. The van der Waals surface area contributed by atoms with E-state index in [0.717, 1.165) is 44.3 Å². The molecule has 2 saturated heterocycles. The molecule has 0 aliphatic carbocycles. The molecule has 2 heterocycles. The lowest BCUT2D eigenvalue weighted by molar-refractivity contribution is -0.108. The van der Waals surface area contributed by atoms with Crippen LogP contribution in [0.2, 0.25) is 0 Å². The van der Waals surface area contributed by atoms with Crippen LogP contribution in [0.5, 0.6) is 0 Å². The van der Waals surface area contributed by atoms with Crippen LogP contribution in [0.3, 0.4) is 0 Å². The Morgan fingerprint density at radius 1 is 1.28 bits per heavy atom. The molecule has 102 valence electrons. The van der Waals surface area contributed by atoms with Gasteiger partial charge in [0.15, 0.2) is 0 Å². The molecule has 0 aromatic carbocycles. The van der Waals surface area contributed by atoms with Crippen molar-refractivity contribution in [2.45, 2.75) is 51.6 Å². The molecule has 0 amide bonds. The van der Waals surface area contributed by atoms with E-state index in [9.17, 15) is 4.79 Å². The molecule has 0 aromatic rings. The third kappa shape index (κ3) is 3.21. The number of likely N-dealkylation sites (tertiary alicyclic amines) is 1. The van der Waals surface area contributed by atoms with E-state index in [1.807, 2.05) is 0 Å². The van der Waals surface area contributed by atoms with Gasteiger partial charge in [-0.25, -0.2) is 0 Å². The van der Waals surface area contributed by atoms with Crippen LogP contribution in [0.1, 0.15) is 39.5 Å². The molecule has 18 heavy (non-hydrogen) atoms. The first-order valence-corrected chi connectivity index (χ1v) is 7.28. The van der Waals surface area contributed by atoms with Crippen molar-refractivity contribution in [3.63, 3.8) is 0 Å². The molecule has 3 heteroatoms. The van der Waals surface area contributed by atoms with Crippen LogP contribution < -0.4 is 0 Å². The van der Waals surface area contributed by atoms with Crippen molar-refractivity contribution < 1.29 is 4.79 Å². The fraction of sp³-hybridized carbons (Fsp3) is 0.800. The van der Waals surface area contributed by atoms with Gasteiger partial charge in [-0.05, 0) is 39.7 Å². The summed E-state index contributed by atoms with van der Waals surface area (Å²) in [6.07, 6.45) is 7.71. The van der Waals surface area contributed by atoms with E-state index < -0.39 is 0 Å². The summed E-state index contributed by atoms with van der Waals surface area (Å²) in [7, 11) is 0. The zero-order chi connectivity index (χ0) is 13.0. The minimum atomic E-state index is 0.720. The van der Waals surface area contributed by atoms with E-state index in [1.54, 1.807) is 0 Å². The first-order valence-electron chi connectivity index (χ1n) is 7.28. The molecule has 2 aliphatic rings. The standard InChI is InChI=1S/C15H26N2O/c1-3-13(2)10-16-11-14-6-7-15(12-16)17(14)8-4-5-9-18/h3,9,14-15H,4-8,10-12H2,1-2H3/b13-3+. The maximum atomic E-state index is 10.4. The van der Waals surface area contributed by atoms with Crippen molar-refractivity contribution in [1.82, 2.24) is 9.80 Å². The number of nitrogens with zero attached hydrogens (tertiary/aromatic N) is 2. The van der Waals surface area contributed by atoms with Gasteiger partial charge in [0.2, 0.25) is 0 Å². The fourth-order valence-corrected chi connectivity index (χ4v) is 3.37. The number of rotatable bonds is 6. The van der Waals surface area contributed by atoms with Crippen LogP contribution in [0.4, 0.5) is 0 Å². The maximum Gasteiger partial charge on any atom is 0.120 e. The number of aldehydes is 1. The van der Waals surface area contributed by atoms with E-state index in [4.69, 9.17) is 0 Å². The van der Waals surface area contributed by atoms with Crippen molar-refractivity contribution in [3.05, 3.63) is 11.6 Å². The fourth-order valence-electron chi connectivity index (χ4n) is 3.37. The Kier molecular flexibility index (Phi) is 4.95. The van der Waals surface area contributed by atoms with Gasteiger partial charge in [-0.15, -0.1) is 0 Å². The summed E-state index contributed by atoms with van der Waals surface area (Å²) in [5.74, 6) is 0. The van der Waals surface area contributed by atoms with E-state index in [0.29, 0.717) is 0 Å². The Hall–Kier alpha value is -0.670. The van der Waals surface area contributed by atoms with Crippen LogP contribution in [-0.2, 0) is 4.79 Å². The number of piperazine rings is 1. The number of allylic oxidation sites excluding steroid dienone is 1. The maximum absolute atomic E-state index is 10.4. The molecule has 2 aliphatic heterocycles. The molecule has 0 aromatic heterocycles. The second-order valence-corrected chi connectivity index (χ2v) is 5.76. The zero-order valence-corrected chi connectivity index (χ0v) is 11.8. The van der Waals surface area contributed by atoms with E-state index in [-0.39, 0.29) is 0 Å². The quantitative estimate of drug-likeness (QED) is 0.410. The van der Waals surface area contributed by atoms with Gasteiger partial charge in [0.25, 0.3) is 0 Å². The Morgan fingerprint density at radius 3 is 2.50 bits per heavy atom. The predicted molar refractivity (Wildman–Crippen MR) is 74.7 cm³/mol. The van der Waals surface area contributed by atoms with Gasteiger partial charge in [-0.2, -0.15) is 0 Å². The molecular formula is C15H26N2O. The van der Waals surface area contributed by atoms with Gasteiger partial charge in [0.1, 0.15) is 6.29 Å². The van der Waals surface area contributed by atoms with Gasteiger partial charge in [0, 0.05) is 38.1 Å². The zero-order valence-electron chi connectivity index (χ0n) is 11.8. The number of fused-ring (bicyclic) bond motifs is 2. The largest absolute Gasteiger partial charge is 0.303 e. The number of carbonyl (C=O) groups excluding carboxylic acids is 1. The molecule has 3 nitrogen and oxygen atoms in total. The second kappa shape index (κ2) is 6.48. The lowest BCUT2D eigenvalue weighted by Gasteiger charge is -2.41. The highest BCUT2D eigenvalue weighted by Gasteiger charge is 2.38. The highest BCUT2D eigenvalue weighted by atomic mass is 16.1. The van der Waals surface area contributed by atoms with Crippen molar-refractivity contribution in [2.75, 3.05) is 26.2 Å². The summed E-state index contributed by atoms with van der Waals surface area (Å²) < 4.78 is 0. The first-order chi connectivity index (χ1) is 8.74. The van der Waals surface area contributed by atoms with Crippen molar-refractivity contribution in [1.29, 1.82) is 0 Å². The SMILES string of the molecule is C/C=C(\C)CN1CC2CCC(C1)N2CCCC=O. The van der Waals surface area contributed by atoms with Crippen LogP contribution in [0.15, 0.2) is 11.6 Å². The first kappa shape index (κ1) is 13.8. The average Bonchev–Trinajstić information content (AvgIpc) is 2.61. The normalized spacial score (nSPS) is 29.8.